The van der Waals surface area contributed by atoms with E-state index < -0.39 is 0 Å². The predicted octanol–water partition coefficient (Wildman–Crippen LogP) is 1.00. The molecule has 0 unspecified atom stereocenters. The van der Waals surface area contributed by atoms with Crippen molar-refractivity contribution in [1.29, 1.82) is 0 Å². The van der Waals surface area contributed by atoms with Crippen molar-refractivity contribution in [3.05, 3.63) is 23.8 Å². The Labute approximate surface area is 124 Å². The molecule has 1 aliphatic rings. The summed E-state index contributed by atoms with van der Waals surface area (Å²) in [7, 11) is 0. The van der Waals surface area contributed by atoms with E-state index in [-0.39, 0.29) is 17.7 Å². The van der Waals surface area contributed by atoms with Gasteiger partial charge in [0.15, 0.2) is 0 Å². The first-order valence-corrected chi connectivity index (χ1v) is 7.13. The Morgan fingerprint density at radius 1 is 1.33 bits per heavy atom. The number of rotatable bonds is 4. The Hall–Kier alpha value is -2.24. The smallest absolute Gasteiger partial charge is 0.253 e. The van der Waals surface area contributed by atoms with Crippen LogP contribution in [0.5, 0.6) is 5.75 Å². The average Bonchev–Trinajstić information content (AvgIpc) is 2.49. The summed E-state index contributed by atoms with van der Waals surface area (Å²) in [5.74, 6) is 0.0982. The fourth-order valence-corrected chi connectivity index (χ4v) is 2.52. The molecule has 0 radical (unpaired) electrons. The molecule has 0 saturated carbocycles. The third kappa shape index (κ3) is 3.45. The number of carbonyl (C=O) groups excluding carboxylic acids is 2. The van der Waals surface area contributed by atoms with E-state index in [0.717, 1.165) is 0 Å². The van der Waals surface area contributed by atoms with Crippen LogP contribution in [-0.2, 0) is 4.79 Å². The molecule has 6 heteroatoms. The van der Waals surface area contributed by atoms with E-state index >= 15 is 0 Å². The Balaban J connectivity index is 2.04. The van der Waals surface area contributed by atoms with E-state index in [1.165, 1.54) is 0 Å². The average molecular weight is 291 g/mol. The van der Waals surface area contributed by atoms with Crippen LogP contribution >= 0.6 is 0 Å². The van der Waals surface area contributed by atoms with Gasteiger partial charge < -0.3 is 21.1 Å². The SMILES string of the molecule is CCOc1ccc(C(=O)N2CCC(C(N)=O)CC2)cc1N. The van der Waals surface area contributed by atoms with Crippen molar-refractivity contribution in [2.24, 2.45) is 11.7 Å². The van der Waals surface area contributed by atoms with Gasteiger partial charge in [-0.2, -0.15) is 0 Å². The third-order valence-corrected chi connectivity index (χ3v) is 3.74. The van der Waals surface area contributed by atoms with Crippen LogP contribution in [0.25, 0.3) is 0 Å². The lowest BCUT2D eigenvalue weighted by Gasteiger charge is -2.30. The first kappa shape index (κ1) is 15.2. The number of nitrogens with two attached hydrogens (primary N) is 2. The molecule has 6 nitrogen and oxygen atoms in total. The van der Waals surface area contributed by atoms with Gasteiger partial charge in [-0.05, 0) is 38.0 Å². The van der Waals surface area contributed by atoms with Crippen molar-refractivity contribution in [2.75, 3.05) is 25.4 Å². The summed E-state index contributed by atoms with van der Waals surface area (Å²) in [4.78, 5) is 25.3. The lowest BCUT2D eigenvalue weighted by Crippen LogP contribution is -2.41. The number of nitrogens with zero attached hydrogens (tertiary/aromatic N) is 1. The molecule has 0 bridgehead atoms. The number of likely N-dealkylation sites (tertiary alicyclic amines) is 1. The van der Waals surface area contributed by atoms with Crippen LogP contribution in [0.15, 0.2) is 18.2 Å². The fourth-order valence-electron chi connectivity index (χ4n) is 2.52. The molecule has 1 heterocycles. The summed E-state index contributed by atoms with van der Waals surface area (Å²) in [6, 6.07) is 5.06. The second kappa shape index (κ2) is 6.47. The molecule has 1 aliphatic heterocycles. The number of amides is 2. The van der Waals surface area contributed by atoms with Crippen molar-refractivity contribution in [3.63, 3.8) is 0 Å². The number of benzene rings is 1. The number of hydrogen-bond donors (Lipinski definition) is 2. The number of anilines is 1. The van der Waals surface area contributed by atoms with Crippen LogP contribution in [0.2, 0.25) is 0 Å². The van der Waals surface area contributed by atoms with Crippen molar-refractivity contribution < 1.29 is 14.3 Å². The molecule has 0 spiro atoms. The molecular weight excluding hydrogens is 270 g/mol. The first-order chi connectivity index (χ1) is 10.0. The lowest BCUT2D eigenvalue weighted by atomic mass is 9.96. The Kier molecular flexibility index (Phi) is 4.67. The van der Waals surface area contributed by atoms with Crippen LogP contribution in [0.4, 0.5) is 5.69 Å². The van der Waals surface area contributed by atoms with Gasteiger partial charge in [-0.15, -0.1) is 0 Å². The molecule has 2 amide bonds. The standard InChI is InChI=1S/C15H21N3O3/c1-2-21-13-4-3-11(9-12(13)16)15(20)18-7-5-10(6-8-18)14(17)19/h3-4,9-10H,2,5-8,16H2,1H3,(H2,17,19). The molecule has 1 saturated heterocycles. The maximum atomic E-state index is 12.4. The van der Waals surface area contributed by atoms with Crippen LogP contribution in [-0.4, -0.2) is 36.4 Å². The number of primary amides is 1. The van der Waals surface area contributed by atoms with Gasteiger partial charge in [0.1, 0.15) is 5.75 Å². The maximum absolute atomic E-state index is 12.4. The Morgan fingerprint density at radius 2 is 2.00 bits per heavy atom. The van der Waals surface area contributed by atoms with Crippen LogP contribution in [0.1, 0.15) is 30.1 Å². The highest BCUT2D eigenvalue weighted by Gasteiger charge is 2.26. The minimum atomic E-state index is -0.285. The highest BCUT2D eigenvalue weighted by Crippen LogP contribution is 2.24. The minimum absolute atomic E-state index is 0.0762. The zero-order chi connectivity index (χ0) is 15.4. The minimum Gasteiger partial charge on any atom is -0.492 e. The van der Waals surface area contributed by atoms with E-state index in [9.17, 15) is 9.59 Å². The zero-order valence-electron chi connectivity index (χ0n) is 12.2. The van der Waals surface area contributed by atoms with E-state index in [1.807, 2.05) is 6.92 Å². The van der Waals surface area contributed by atoms with Gasteiger partial charge >= 0.3 is 0 Å². The first-order valence-electron chi connectivity index (χ1n) is 7.13. The molecule has 4 N–H and O–H groups in total. The highest BCUT2D eigenvalue weighted by molar-refractivity contribution is 5.95. The number of ether oxygens (including phenoxy) is 1. The molecular formula is C15H21N3O3. The third-order valence-electron chi connectivity index (χ3n) is 3.74. The molecule has 0 atom stereocenters. The van der Waals surface area contributed by atoms with Crippen molar-refractivity contribution >= 4 is 17.5 Å². The second-order valence-electron chi connectivity index (χ2n) is 5.15. The zero-order valence-corrected chi connectivity index (χ0v) is 12.2. The molecule has 0 aromatic heterocycles. The highest BCUT2D eigenvalue weighted by atomic mass is 16.5. The summed E-state index contributed by atoms with van der Waals surface area (Å²) < 4.78 is 5.36. The molecule has 1 aromatic carbocycles. The largest absolute Gasteiger partial charge is 0.492 e. The molecule has 0 aliphatic carbocycles. The van der Waals surface area contributed by atoms with Crippen molar-refractivity contribution in [3.8, 4) is 5.75 Å². The second-order valence-corrected chi connectivity index (χ2v) is 5.15. The number of carbonyl (C=O) groups is 2. The number of hydrogen-bond acceptors (Lipinski definition) is 4. The monoisotopic (exact) mass is 291 g/mol. The van der Waals surface area contributed by atoms with Crippen LogP contribution in [0, 0.1) is 5.92 Å². The lowest BCUT2D eigenvalue weighted by molar-refractivity contribution is -0.123. The Bertz CT molecular complexity index is 537. The van der Waals surface area contributed by atoms with Crippen LogP contribution < -0.4 is 16.2 Å². The van der Waals surface area contributed by atoms with Crippen LogP contribution in [0.3, 0.4) is 0 Å². The van der Waals surface area contributed by atoms with E-state index in [1.54, 1.807) is 23.1 Å². The quantitative estimate of drug-likeness (QED) is 0.809. The molecule has 1 fully saturated rings. The van der Waals surface area contributed by atoms with Crippen molar-refractivity contribution in [2.45, 2.75) is 19.8 Å². The number of piperidine rings is 1. The molecule has 21 heavy (non-hydrogen) atoms. The predicted molar refractivity (Wildman–Crippen MR) is 79.8 cm³/mol. The summed E-state index contributed by atoms with van der Waals surface area (Å²) in [5, 5.41) is 0. The fraction of sp³-hybridized carbons (Fsp3) is 0.467. The molecule has 2 rings (SSSR count). The van der Waals surface area contributed by atoms with Gasteiger partial charge in [0.2, 0.25) is 5.91 Å². The summed E-state index contributed by atoms with van der Waals surface area (Å²) >= 11 is 0. The van der Waals surface area contributed by atoms with Gasteiger partial charge in [0.25, 0.3) is 5.91 Å². The summed E-state index contributed by atoms with van der Waals surface area (Å²) in [6.07, 6.45) is 1.24. The van der Waals surface area contributed by atoms with Gasteiger partial charge in [-0.1, -0.05) is 0 Å². The van der Waals surface area contributed by atoms with Gasteiger partial charge in [-0.3, -0.25) is 9.59 Å². The molecule has 1 aromatic rings. The maximum Gasteiger partial charge on any atom is 0.253 e. The van der Waals surface area contributed by atoms with Crippen molar-refractivity contribution in [1.82, 2.24) is 4.90 Å². The Morgan fingerprint density at radius 3 is 2.52 bits per heavy atom. The summed E-state index contributed by atoms with van der Waals surface area (Å²) in [6.45, 7) is 3.48. The normalized spacial score (nSPS) is 15.8. The molecule has 114 valence electrons. The van der Waals surface area contributed by atoms with E-state index in [4.69, 9.17) is 16.2 Å². The van der Waals surface area contributed by atoms with Gasteiger partial charge in [0.05, 0.1) is 12.3 Å². The summed E-state index contributed by atoms with van der Waals surface area (Å²) in [5.41, 5.74) is 12.2. The van der Waals surface area contributed by atoms with Gasteiger partial charge in [-0.25, -0.2) is 0 Å². The topological polar surface area (TPSA) is 98.6 Å². The number of nitrogen functional groups attached to an aromatic ring is 1. The van der Waals surface area contributed by atoms with E-state index in [2.05, 4.69) is 0 Å². The van der Waals surface area contributed by atoms with Gasteiger partial charge in [0, 0.05) is 24.6 Å². The van der Waals surface area contributed by atoms with E-state index in [0.29, 0.717) is 49.5 Å².